The zero-order chi connectivity index (χ0) is 22.4. The van der Waals surface area contributed by atoms with E-state index < -0.39 is 5.92 Å². The van der Waals surface area contributed by atoms with Crippen LogP contribution in [0.3, 0.4) is 0 Å². The molecule has 0 aromatic heterocycles. The lowest BCUT2D eigenvalue weighted by Crippen LogP contribution is -2.26. The van der Waals surface area contributed by atoms with Gasteiger partial charge in [-0.1, -0.05) is 18.2 Å². The maximum Gasteiger partial charge on any atom is 0.311 e. The van der Waals surface area contributed by atoms with E-state index in [1.54, 1.807) is 37.3 Å². The highest BCUT2D eigenvalue weighted by Gasteiger charge is 2.36. The SMILES string of the molecule is CCN(CC)c1ccccc1COC(=O)C1CC(=O)N(c2ccc(OC)c(OC)c2)C1. The van der Waals surface area contributed by atoms with Gasteiger partial charge in [-0.05, 0) is 32.0 Å². The van der Waals surface area contributed by atoms with Crippen molar-refractivity contribution in [2.24, 2.45) is 5.92 Å². The van der Waals surface area contributed by atoms with Crippen molar-refractivity contribution in [3.05, 3.63) is 48.0 Å². The van der Waals surface area contributed by atoms with Gasteiger partial charge in [0.05, 0.1) is 20.1 Å². The van der Waals surface area contributed by atoms with Crippen molar-refractivity contribution in [2.75, 3.05) is 43.7 Å². The van der Waals surface area contributed by atoms with Crippen molar-refractivity contribution in [3.63, 3.8) is 0 Å². The Morgan fingerprint density at radius 3 is 2.45 bits per heavy atom. The molecule has 0 N–H and O–H groups in total. The number of carbonyl (C=O) groups excluding carboxylic acids is 2. The van der Waals surface area contributed by atoms with E-state index in [0.717, 1.165) is 24.3 Å². The van der Waals surface area contributed by atoms with Crippen LogP contribution in [0.5, 0.6) is 11.5 Å². The minimum atomic E-state index is -0.499. The van der Waals surface area contributed by atoms with Gasteiger partial charge in [0.15, 0.2) is 11.5 Å². The van der Waals surface area contributed by atoms with Gasteiger partial charge in [-0.15, -0.1) is 0 Å². The summed E-state index contributed by atoms with van der Waals surface area (Å²) in [7, 11) is 3.10. The first-order valence-electron chi connectivity index (χ1n) is 10.5. The number of ether oxygens (including phenoxy) is 3. The number of nitrogens with zero attached hydrogens (tertiary/aromatic N) is 2. The summed E-state index contributed by atoms with van der Waals surface area (Å²) < 4.78 is 16.2. The van der Waals surface area contributed by atoms with Gasteiger partial charge in [-0.3, -0.25) is 9.59 Å². The van der Waals surface area contributed by atoms with Gasteiger partial charge in [0.25, 0.3) is 0 Å². The van der Waals surface area contributed by atoms with Crippen LogP contribution in [-0.2, 0) is 20.9 Å². The van der Waals surface area contributed by atoms with Gasteiger partial charge in [-0.2, -0.15) is 0 Å². The van der Waals surface area contributed by atoms with Crippen LogP contribution in [0.1, 0.15) is 25.8 Å². The number of benzene rings is 2. The molecule has 31 heavy (non-hydrogen) atoms. The van der Waals surface area contributed by atoms with Crippen LogP contribution >= 0.6 is 0 Å². The molecule has 0 spiro atoms. The Hall–Kier alpha value is -3.22. The fraction of sp³-hybridized carbons (Fsp3) is 0.417. The number of para-hydroxylation sites is 1. The third kappa shape index (κ3) is 4.93. The number of amides is 1. The summed E-state index contributed by atoms with van der Waals surface area (Å²) in [6.07, 6.45) is 0.130. The predicted octanol–water partition coefficient (Wildman–Crippen LogP) is 3.65. The summed E-state index contributed by atoms with van der Waals surface area (Å²) in [5, 5.41) is 0. The molecule has 1 aliphatic heterocycles. The summed E-state index contributed by atoms with van der Waals surface area (Å²) >= 11 is 0. The van der Waals surface area contributed by atoms with Gasteiger partial charge in [0.1, 0.15) is 6.61 Å². The maximum atomic E-state index is 12.7. The Balaban J connectivity index is 1.67. The quantitative estimate of drug-likeness (QED) is 0.570. The van der Waals surface area contributed by atoms with Crippen molar-refractivity contribution in [1.29, 1.82) is 0 Å². The predicted molar refractivity (Wildman–Crippen MR) is 120 cm³/mol. The summed E-state index contributed by atoms with van der Waals surface area (Å²) in [6.45, 7) is 6.41. The van der Waals surface area contributed by atoms with E-state index in [2.05, 4.69) is 18.7 Å². The average molecular weight is 427 g/mol. The number of esters is 1. The number of hydrogen-bond acceptors (Lipinski definition) is 6. The molecule has 1 amide bonds. The smallest absolute Gasteiger partial charge is 0.311 e. The van der Waals surface area contributed by atoms with Crippen molar-refractivity contribution >= 4 is 23.3 Å². The van der Waals surface area contributed by atoms with E-state index in [0.29, 0.717) is 17.2 Å². The number of rotatable bonds is 9. The normalized spacial score (nSPS) is 15.7. The first kappa shape index (κ1) is 22.5. The van der Waals surface area contributed by atoms with Crippen molar-refractivity contribution in [3.8, 4) is 11.5 Å². The van der Waals surface area contributed by atoms with Crippen LogP contribution in [-0.4, -0.2) is 45.7 Å². The highest BCUT2D eigenvalue weighted by Crippen LogP contribution is 2.34. The van der Waals surface area contributed by atoms with Crippen molar-refractivity contribution < 1.29 is 23.8 Å². The summed E-state index contributed by atoms with van der Waals surface area (Å²) in [5.74, 6) is 0.150. The van der Waals surface area contributed by atoms with Gasteiger partial charge in [0.2, 0.25) is 5.91 Å². The molecule has 0 saturated carbocycles. The second kappa shape index (κ2) is 10.2. The number of hydrogen-bond donors (Lipinski definition) is 0. The first-order chi connectivity index (χ1) is 15.0. The number of anilines is 2. The monoisotopic (exact) mass is 426 g/mol. The molecule has 7 heteroatoms. The molecular weight excluding hydrogens is 396 g/mol. The zero-order valence-corrected chi connectivity index (χ0v) is 18.6. The zero-order valence-electron chi connectivity index (χ0n) is 18.6. The molecule has 0 radical (unpaired) electrons. The molecule has 1 fully saturated rings. The van der Waals surface area contributed by atoms with E-state index in [1.807, 2.05) is 24.3 Å². The molecule has 1 unspecified atom stereocenters. The van der Waals surface area contributed by atoms with Crippen LogP contribution in [0.15, 0.2) is 42.5 Å². The first-order valence-corrected chi connectivity index (χ1v) is 10.5. The second-order valence-corrected chi connectivity index (χ2v) is 7.35. The molecule has 1 saturated heterocycles. The number of methoxy groups -OCH3 is 2. The summed E-state index contributed by atoms with van der Waals surface area (Å²) in [4.78, 5) is 29.1. The topological polar surface area (TPSA) is 68.3 Å². The van der Waals surface area contributed by atoms with Crippen LogP contribution in [0.4, 0.5) is 11.4 Å². The fourth-order valence-electron chi connectivity index (χ4n) is 3.88. The number of carbonyl (C=O) groups is 2. The van der Waals surface area contributed by atoms with E-state index in [-0.39, 0.29) is 31.4 Å². The largest absolute Gasteiger partial charge is 0.493 e. The van der Waals surface area contributed by atoms with E-state index >= 15 is 0 Å². The second-order valence-electron chi connectivity index (χ2n) is 7.35. The Labute approximate surface area is 183 Å². The molecule has 1 aliphatic rings. The third-order valence-electron chi connectivity index (χ3n) is 5.60. The van der Waals surface area contributed by atoms with Crippen LogP contribution in [0.25, 0.3) is 0 Å². The van der Waals surface area contributed by atoms with Gasteiger partial charge in [0, 0.05) is 49.1 Å². The lowest BCUT2D eigenvalue weighted by Gasteiger charge is -2.24. The van der Waals surface area contributed by atoms with Gasteiger partial charge in [-0.25, -0.2) is 0 Å². The van der Waals surface area contributed by atoms with Crippen LogP contribution < -0.4 is 19.3 Å². The van der Waals surface area contributed by atoms with Gasteiger partial charge < -0.3 is 24.0 Å². The molecule has 0 bridgehead atoms. The van der Waals surface area contributed by atoms with E-state index in [1.165, 1.54) is 0 Å². The molecule has 7 nitrogen and oxygen atoms in total. The Bertz CT molecular complexity index is 926. The van der Waals surface area contributed by atoms with Gasteiger partial charge >= 0.3 is 5.97 Å². The fourth-order valence-corrected chi connectivity index (χ4v) is 3.88. The Kier molecular flexibility index (Phi) is 7.39. The Morgan fingerprint density at radius 2 is 1.77 bits per heavy atom. The molecule has 166 valence electrons. The Morgan fingerprint density at radius 1 is 1.06 bits per heavy atom. The minimum Gasteiger partial charge on any atom is -0.493 e. The third-order valence-corrected chi connectivity index (χ3v) is 5.60. The lowest BCUT2D eigenvalue weighted by atomic mass is 10.1. The van der Waals surface area contributed by atoms with E-state index in [4.69, 9.17) is 14.2 Å². The van der Waals surface area contributed by atoms with E-state index in [9.17, 15) is 9.59 Å². The lowest BCUT2D eigenvalue weighted by molar-refractivity contribution is -0.149. The minimum absolute atomic E-state index is 0.113. The van der Waals surface area contributed by atoms with Crippen molar-refractivity contribution in [1.82, 2.24) is 0 Å². The highest BCUT2D eigenvalue weighted by molar-refractivity contribution is 5.99. The highest BCUT2D eigenvalue weighted by atomic mass is 16.5. The molecular formula is C24H30N2O5. The standard InChI is InChI=1S/C24H30N2O5/c1-5-25(6-2)20-10-8-7-9-17(20)16-31-24(28)18-13-23(27)26(15-18)19-11-12-21(29-3)22(14-19)30-4/h7-12,14,18H,5-6,13,15-16H2,1-4H3. The molecule has 1 heterocycles. The molecule has 2 aromatic carbocycles. The molecule has 0 aliphatic carbocycles. The maximum absolute atomic E-state index is 12.7. The summed E-state index contributed by atoms with van der Waals surface area (Å²) in [5.41, 5.74) is 2.69. The molecule has 3 rings (SSSR count). The summed E-state index contributed by atoms with van der Waals surface area (Å²) in [6, 6.07) is 13.2. The average Bonchev–Trinajstić information content (AvgIpc) is 3.20. The van der Waals surface area contributed by atoms with Crippen molar-refractivity contribution in [2.45, 2.75) is 26.9 Å². The molecule has 2 aromatic rings. The van der Waals surface area contributed by atoms with Crippen LogP contribution in [0.2, 0.25) is 0 Å². The van der Waals surface area contributed by atoms with Crippen LogP contribution in [0, 0.1) is 5.92 Å². The molecule has 1 atom stereocenters.